The zero-order valence-corrected chi connectivity index (χ0v) is 17.7. The van der Waals surface area contributed by atoms with E-state index in [1.54, 1.807) is 54.6 Å². The van der Waals surface area contributed by atoms with E-state index in [1.165, 1.54) is 13.0 Å². The van der Waals surface area contributed by atoms with Gasteiger partial charge in [-0.1, -0.05) is 30.3 Å². The van der Waals surface area contributed by atoms with E-state index in [-0.39, 0.29) is 18.4 Å². The summed E-state index contributed by atoms with van der Waals surface area (Å²) in [7, 11) is 0. The van der Waals surface area contributed by atoms with Gasteiger partial charge in [0.15, 0.2) is 0 Å². The number of amides is 2. The molecule has 0 fully saturated rings. The van der Waals surface area contributed by atoms with Gasteiger partial charge in [0.2, 0.25) is 0 Å². The molecule has 3 aromatic rings. The van der Waals surface area contributed by atoms with Crippen LogP contribution in [-0.4, -0.2) is 17.8 Å². The number of carbonyl (C=O) groups excluding carboxylic acids is 3. The van der Waals surface area contributed by atoms with Gasteiger partial charge in [-0.3, -0.25) is 14.4 Å². The summed E-state index contributed by atoms with van der Waals surface area (Å²) in [5.41, 5.74) is 2.36. The van der Waals surface area contributed by atoms with Gasteiger partial charge in [0.25, 0.3) is 11.8 Å². The largest absolute Gasteiger partial charge is 0.427 e. The van der Waals surface area contributed by atoms with Crippen LogP contribution in [0.4, 0.5) is 5.69 Å². The van der Waals surface area contributed by atoms with Crippen LogP contribution in [0.5, 0.6) is 5.75 Å². The van der Waals surface area contributed by atoms with Crippen molar-refractivity contribution in [1.29, 1.82) is 0 Å². The molecule has 0 saturated heterocycles. The number of carbonyl (C=O) groups is 3. The van der Waals surface area contributed by atoms with E-state index in [9.17, 15) is 14.4 Å². The molecule has 3 rings (SSSR count). The molecule has 0 saturated carbocycles. The lowest BCUT2D eigenvalue weighted by atomic mass is 10.1. The standard InChI is InChI=1S/C23H19BrN2O4/c1-15(27)30-19-9-5-7-17(13-19)22(28)25-14-16-6-4-8-18(12-16)26-23(29)20-10-2-3-11-21(20)24/h2-13H,14H2,1H3,(H,25,28)(H,26,29). The topological polar surface area (TPSA) is 84.5 Å². The number of nitrogens with one attached hydrogen (secondary N) is 2. The molecule has 2 N–H and O–H groups in total. The highest BCUT2D eigenvalue weighted by Crippen LogP contribution is 2.19. The van der Waals surface area contributed by atoms with Crippen LogP contribution in [0, 0.1) is 0 Å². The molecule has 7 heteroatoms. The average molecular weight is 467 g/mol. The van der Waals surface area contributed by atoms with Crippen LogP contribution in [0.2, 0.25) is 0 Å². The van der Waals surface area contributed by atoms with Crippen molar-refractivity contribution in [2.24, 2.45) is 0 Å². The van der Waals surface area contributed by atoms with Gasteiger partial charge in [0, 0.05) is 29.2 Å². The van der Waals surface area contributed by atoms with E-state index in [0.717, 1.165) is 5.56 Å². The van der Waals surface area contributed by atoms with Gasteiger partial charge in [-0.25, -0.2) is 0 Å². The SMILES string of the molecule is CC(=O)Oc1cccc(C(=O)NCc2cccc(NC(=O)c3ccccc3Br)c2)c1. The monoisotopic (exact) mass is 466 g/mol. The minimum Gasteiger partial charge on any atom is -0.427 e. The smallest absolute Gasteiger partial charge is 0.308 e. The number of hydrogen-bond acceptors (Lipinski definition) is 4. The van der Waals surface area contributed by atoms with Crippen LogP contribution < -0.4 is 15.4 Å². The summed E-state index contributed by atoms with van der Waals surface area (Å²) in [6.45, 7) is 1.57. The first-order valence-electron chi connectivity index (χ1n) is 9.14. The van der Waals surface area contributed by atoms with Crippen molar-refractivity contribution in [3.63, 3.8) is 0 Å². The predicted molar refractivity (Wildman–Crippen MR) is 117 cm³/mol. The summed E-state index contributed by atoms with van der Waals surface area (Å²) in [5, 5.41) is 5.67. The van der Waals surface area contributed by atoms with Crippen LogP contribution in [-0.2, 0) is 11.3 Å². The molecule has 152 valence electrons. The lowest BCUT2D eigenvalue weighted by Gasteiger charge is -2.10. The van der Waals surface area contributed by atoms with Crippen LogP contribution in [0.3, 0.4) is 0 Å². The summed E-state index contributed by atoms with van der Waals surface area (Å²) in [5.74, 6) is -0.668. The first kappa shape index (κ1) is 21.3. The Bertz CT molecular complexity index is 1100. The summed E-state index contributed by atoms with van der Waals surface area (Å²) in [6, 6.07) is 20.8. The molecule has 0 heterocycles. The molecule has 0 spiro atoms. The van der Waals surface area contributed by atoms with Crippen molar-refractivity contribution in [3.05, 3.63) is 94.0 Å². The third-order valence-electron chi connectivity index (χ3n) is 4.11. The fraction of sp³-hybridized carbons (Fsp3) is 0.0870. The Morgan fingerprint density at radius 2 is 1.67 bits per heavy atom. The molecule has 3 aromatic carbocycles. The number of benzene rings is 3. The number of anilines is 1. The minimum atomic E-state index is -0.450. The number of halogens is 1. The van der Waals surface area contributed by atoms with Crippen LogP contribution in [0.15, 0.2) is 77.3 Å². The Kier molecular flexibility index (Phi) is 6.98. The van der Waals surface area contributed by atoms with Crippen molar-refractivity contribution in [2.75, 3.05) is 5.32 Å². The number of hydrogen-bond donors (Lipinski definition) is 2. The molecule has 0 aromatic heterocycles. The van der Waals surface area contributed by atoms with Gasteiger partial charge in [-0.15, -0.1) is 0 Å². The van der Waals surface area contributed by atoms with Gasteiger partial charge in [-0.2, -0.15) is 0 Å². The highest BCUT2D eigenvalue weighted by molar-refractivity contribution is 9.10. The molecule has 0 radical (unpaired) electrons. The molecular weight excluding hydrogens is 448 g/mol. The maximum atomic E-state index is 12.5. The Morgan fingerprint density at radius 3 is 2.43 bits per heavy atom. The van der Waals surface area contributed by atoms with Gasteiger partial charge < -0.3 is 15.4 Å². The fourth-order valence-electron chi connectivity index (χ4n) is 2.75. The Labute approximate surface area is 182 Å². The molecule has 0 atom stereocenters. The molecule has 0 unspecified atom stereocenters. The molecule has 30 heavy (non-hydrogen) atoms. The first-order chi connectivity index (χ1) is 14.4. The van der Waals surface area contributed by atoms with Crippen molar-refractivity contribution >= 4 is 39.4 Å². The van der Waals surface area contributed by atoms with E-state index >= 15 is 0 Å². The van der Waals surface area contributed by atoms with E-state index in [4.69, 9.17) is 4.74 Å². The van der Waals surface area contributed by atoms with Crippen molar-refractivity contribution in [2.45, 2.75) is 13.5 Å². The van der Waals surface area contributed by atoms with Crippen LogP contribution >= 0.6 is 15.9 Å². The second kappa shape index (κ2) is 9.84. The van der Waals surface area contributed by atoms with E-state index in [1.807, 2.05) is 12.1 Å². The molecule has 2 amide bonds. The van der Waals surface area contributed by atoms with Crippen molar-refractivity contribution < 1.29 is 19.1 Å². The average Bonchev–Trinajstić information content (AvgIpc) is 2.72. The molecule has 0 bridgehead atoms. The normalized spacial score (nSPS) is 10.2. The van der Waals surface area contributed by atoms with E-state index < -0.39 is 5.97 Å². The third kappa shape index (κ3) is 5.78. The first-order valence-corrected chi connectivity index (χ1v) is 9.93. The highest BCUT2D eigenvalue weighted by atomic mass is 79.9. The lowest BCUT2D eigenvalue weighted by Crippen LogP contribution is -2.23. The van der Waals surface area contributed by atoms with Crippen molar-refractivity contribution in [1.82, 2.24) is 5.32 Å². The number of rotatable bonds is 6. The highest BCUT2D eigenvalue weighted by Gasteiger charge is 2.11. The fourth-order valence-corrected chi connectivity index (χ4v) is 3.22. The van der Waals surface area contributed by atoms with Gasteiger partial charge in [0.1, 0.15) is 5.75 Å². The van der Waals surface area contributed by atoms with E-state index in [0.29, 0.717) is 27.0 Å². The Balaban J connectivity index is 1.63. The summed E-state index contributed by atoms with van der Waals surface area (Å²) >= 11 is 3.37. The third-order valence-corrected chi connectivity index (χ3v) is 4.81. The van der Waals surface area contributed by atoms with Crippen molar-refractivity contribution in [3.8, 4) is 5.75 Å². The number of esters is 1. The number of ether oxygens (including phenoxy) is 1. The Hall–Kier alpha value is -3.45. The van der Waals surface area contributed by atoms with Crippen LogP contribution in [0.1, 0.15) is 33.2 Å². The predicted octanol–water partition coefficient (Wildman–Crippen LogP) is 4.56. The maximum absolute atomic E-state index is 12.5. The molecule has 0 aliphatic heterocycles. The van der Waals surface area contributed by atoms with Gasteiger partial charge in [0.05, 0.1) is 5.56 Å². The van der Waals surface area contributed by atoms with E-state index in [2.05, 4.69) is 26.6 Å². The molecule has 6 nitrogen and oxygen atoms in total. The lowest BCUT2D eigenvalue weighted by molar-refractivity contribution is -0.131. The van der Waals surface area contributed by atoms with Gasteiger partial charge in [-0.05, 0) is 64.0 Å². The summed E-state index contributed by atoms with van der Waals surface area (Å²) in [4.78, 5) is 35.9. The molecular formula is C23H19BrN2O4. The second-order valence-corrected chi connectivity index (χ2v) is 7.29. The molecule has 0 aliphatic carbocycles. The second-order valence-electron chi connectivity index (χ2n) is 6.44. The van der Waals surface area contributed by atoms with Crippen LogP contribution in [0.25, 0.3) is 0 Å². The summed E-state index contributed by atoms with van der Waals surface area (Å²) < 4.78 is 5.71. The Morgan fingerprint density at radius 1 is 0.900 bits per heavy atom. The quantitative estimate of drug-likeness (QED) is 0.412. The summed E-state index contributed by atoms with van der Waals surface area (Å²) in [6.07, 6.45) is 0. The molecule has 0 aliphatic rings. The maximum Gasteiger partial charge on any atom is 0.308 e. The zero-order valence-electron chi connectivity index (χ0n) is 16.1. The van der Waals surface area contributed by atoms with Gasteiger partial charge >= 0.3 is 5.97 Å². The minimum absolute atomic E-state index is 0.231. The zero-order chi connectivity index (χ0) is 21.5.